The van der Waals surface area contributed by atoms with Crippen molar-refractivity contribution in [3.63, 3.8) is 0 Å². The molecule has 1 fully saturated rings. The van der Waals surface area contributed by atoms with Crippen molar-refractivity contribution >= 4 is 17.2 Å². The summed E-state index contributed by atoms with van der Waals surface area (Å²) in [5.74, 6) is 0.584. The minimum Gasteiger partial charge on any atom is -0.493 e. The van der Waals surface area contributed by atoms with Crippen LogP contribution in [0.15, 0.2) is 41.8 Å². The predicted molar refractivity (Wildman–Crippen MR) is 107 cm³/mol. The third-order valence-electron chi connectivity index (χ3n) is 4.84. The number of thiophene rings is 1. The summed E-state index contributed by atoms with van der Waals surface area (Å²) in [7, 11) is 0. The summed E-state index contributed by atoms with van der Waals surface area (Å²) in [6.07, 6.45) is 5.09. The van der Waals surface area contributed by atoms with Crippen molar-refractivity contribution in [2.45, 2.75) is 38.6 Å². The fraction of sp³-hybridized carbons (Fsp3) is 0.476. The fourth-order valence-electron chi connectivity index (χ4n) is 3.52. The summed E-state index contributed by atoms with van der Waals surface area (Å²) < 4.78 is 5.60. The Labute approximate surface area is 160 Å². The van der Waals surface area contributed by atoms with Gasteiger partial charge in [0.05, 0.1) is 18.2 Å². The SMILES string of the molecule is CCOc1ccccc1C(=O)NC[C@H](c1cccs1)N1CCCCCC1. The number of hydrogen-bond donors (Lipinski definition) is 1. The van der Waals surface area contributed by atoms with Gasteiger partial charge in [0.1, 0.15) is 5.75 Å². The molecule has 2 heterocycles. The zero-order valence-corrected chi connectivity index (χ0v) is 16.3. The minimum atomic E-state index is -0.0644. The predicted octanol–water partition coefficient (Wildman–Crippen LogP) is 4.49. The molecule has 0 saturated carbocycles. The molecule has 26 heavy (non-hydrogen) atoms. The van der Waals surface area contributed by atoms with Gasteiger partial charge in [-0.15, -0.1) is 11.3 Å². The van der Waals surface area contributed by atoms with Crippen LogP contribution in [0, 0.1) is 0 Å². The van der Waals surface area contributed by atoms with E-state index in [-0.39, 0.29) is 11.9 Å². The second kappa shape index (κ2) is 9.74. The van der Waals surface area contributed by atoms with Crippen LogP contribution in [-0.4, -0.2) is 37.0 Å². The van der Waals surface area contributed by atoms with Crippen LogP contribution in [0.3, 0.4) is 0 Å². The molecule has 1 aliphatic heterocycles. The van der Waals surface area contributed by atoms with E-state index >= 15 is 0 Å². The smallest absolute Gasteiger partial charge is 0.255 e. The van der Waals surface area contributed by atoms with E-state index in [9.17, 15) is 4.79 Å². The highest BCUT2D eigenvalue weighted by molar-refractivity contribution is 7.10. The average molecular weight is 373 g/mol. The lowest BCUT2D eigenvalue weighted by molar-refractivity contribution is 0.0930. The largest absolute Gasteiger partial charge is 0.493 e. The van der Waals surface area contributed by atoms with Gasteiger partial charge in [-0.1, -0.05) is 31.0 Å². The number of carbonyl (C=O) groups excluding carboxylic acids is 1. The summed E-state index contributed by atoms with van der Waals surface area (Å²) in [4.78, 5) is 16.6. The van der Waals surface area contributed by atoms with Crippen molar-refractivity contribution in [1.82, 2.24) is 10.2 Å². The average Bonchev–Trinajstić information content (AvgIpc) is 3.05. The van der Waals surface area contributed by atoms with Crippen LogP contribution in [0.5, 0.6) is 5.75 Å². The molecule has 0 aliphatic carbocycles. The number of ether oxygens (including phenoxy) is 1. The van der Waals surface area contributed by atoms with Crippen LogP contribution < -0.4 is 10.1 Å². The van der Waals surface area contributed by atoms with Crippen LogP contribution in [0.4, 0.5) is 0 Å². The number of benzene rings is 1. The molecule has 1 aromatic carbocycles. The molecule has 1 aromatic heterocycles. The molecule has 0 unspecified atom stereocenters. The number of para-hydroxylation sites is 1. The van der Waals surface area contributed by atoms with E-state index < -0.39 is 0 Å². The van der Waals surface area contributed by atoms with E-state index in [1.807, 2.05) is 31.2 Å². The molecule has 1 saturated heterocycles. The molecule has 1 atom stereocenters. The monoisotopic (exact) mass is 372 g/mol. The van der Waals surface area contributed by atoms with Crippen molar-refractivity contribution < 1.29 is 9.53 Å². The van der Waals surface area contributed by atoms with Gasteiger partial charge in [0.15, 0.2) is 0 Å². The van der Waals surface area contributed by atoms with Gasteiger partial charge in [-0.25, -0.2) is 0 Å². The lowest BCUT2D eigenvalue weighted by Crippen LogP contribution is -2.38. The number of rotatable bonds is 7. The standard InChI is InChI=1S/C21H28N2O2S/c1-2-25-19-11-6-5-10-17(19)21(24)22-16-18(20-12-9-15-26-20)23-13-7-3-4-8-14-23/h5-6,9-12,15,18H,2-4,7-8,13-14,16H2,1H3,(H,22,24)/t18-/m1/s1. The number of nitrogens with one attached hydrogen (secondary N) is 1. The van der Waals surface area contributed by atoms with Crippen LogP contribution in [-0.2, 0) is 0 Å². The van der Waals surface area contributed by atoms with E-state index in [1.54, 1.807) is 11.3 Å². The van der Waals surface area contributed by atoms with Gasteiger partial charge in [0, 0.05) is 11.4 Å². The Morgan fingerprint density at radius 2 is 1.92 bits per heavy atom. The van der Waals surface area contributed by atoms with E-state index in [4.69, 9.17) is 4.74 Å². The molecule has 4 nitrogen and oxygen atoms in total. The molecule has 3 rings (SSSR count). The maximum atomic E-state index is 12.8. The topological polar surface area (TPSA) is 41.6 Å². The first-order valence-corrected chi connectivity index (χ1v) is 10.4. The lowest BCUT2D eigenvalue weighted by Gasteiger charge is -2.30. The molecule has 1 N–H and O–H groups in total. The summed E-state index contributed by atoms with van der Waals surface area (Å²) in [5, 5.41) is 5.27. The minimum absolute atomic E-state index is 0.0644. The third-order valence-corrected chi connectivity index (χ3v) is 5.81. The molecule has 5 heteroatoms. The number of nitrogens with zero attached hydrogens (tertiary/aromatic N) is 1. The van der Waals surface area contributed by atoms with Gasteiger partial charge in [0.2, 0.25) is 0 Å². The van der Waals surface area contributed by atoms with E-state index in [0.717, 1.165) is 13.1 Å². The van der Waals surface area contributed by atoms with Crippen LogP contribution in [0.2, 0.25) is 0 Å². The quantitative estimate of drug-likeness (QED) is 0.778. The highest BCUT2D eigenvalue weighted by Gasteiger charge is 2.23. The Morgan fingerprint density at radius 3 is 2.62 bits per heavy atom. The first-order chi connectivity index (χ1) is 12.8. The molecule has 140 valence electrons. The van der Waals surface area contributed by atoms with Gasteiger partial charge in [-0.2, -0.15) is 0 Å². The Morgan fingerprint density at radius 1 is 1.15 bits per heavy atom. The third kappa shape index (κ3) is 4.86. The van der Waals surface area contributed by atoms with E-state index in [2.05, 4.69) is 27.7 Å². The van der Waals surface area contributed by atoms with Gasteiger partial charge in [-0.05, 0) is 56.4 Å². The summed E-state index contributed by atoms with van der Waals surface area (Å²) in [6.45, 7) is 5.32. The van der Waals surface area contributed by atoms with Crippen molar-refractivity contribution in [2.75, 3.05) is 26.2 Å². The maximum absolute atomic E-state index is 12.8. The summed E-state index contributed by atoms with van der Waals surface area (Å²) in [5.41, 5.74) is 0.607. The van der Waals surface area contributed by atoms with Crippen molar-refractivity contribution in [1.29, 1.82) is 0 Å². The highest BCUT2D eigenvalue weighted by atomic mass is 32.1. The molecule has 1 amide bonds. The van der Waals surface area contributed by atoms with Crippen molar-refractivity contribution in [3.05, 3.63) is 52.2 Å². The van der Waals surface area contributed by atoms with E-state index in [1.165, 1.54) is 30.6 Å². The number of carbonyl (C=O) groups is 1. The number of likely N-dealkylation sites (tertiary alicyclic amines) is 1. The number of amides is 1. The first-order valence-electron chi connectivity index (χ1n) is 9.57. The molecular weight excluding hydrogens is 344 g/mol. The summed E-state index contributed by atoms with van der Waals surface area (Å²) in [6, 6.07) is 12.0. The molecular formula is C21H28N2O2S. The zero-order valence-electron chi connectivity index (χ0n) is 15.4. The normalized spacial score (nSPS) is 16.7. The maximum Gasteiger partial charge on any atom is 0.255 e. The van der Waals surface area contributed by atoms with Gasteiger partial charge < -0.3 is 10.1 Å². The zero-order chi connectivity index (χ0) is 18.2. The Hall–Kier alpha value is -1.85. The first kappa shape index (κ1) is 18.9. The van der Waals surface area contributed by atoms with Crippen LogP contribution in [0.1, 0.15) is 53.9 Å². The molecule has 0 radical (unpaired) electrons. The lowest BCUT2D eigenvalue weighted by atomic mass is 10.1. The van der Waals surface area contributed by atoms with Crippen LogP contribution >= 0.6 is 11.3 Å². The molecule has 0 spiro atoms. The van der Waals surface area contributed by atoms with E-state index in [0.29, 0.717) is 24.5 Å². The van der Waals surface area contributed by atoms with Crippen molar-refractivity contribution in [2.24, 2.45) is 0 Å². The summed E-state index contributed by atoms with van der Waals surface area (Å²) >= 11 is 1.77. The molecule has 2 aromatic rings. The van der Waals surface area contributed by atoms with Crippen molar-refractivity contribution in [3.8, 4) is 5.75 Å². The second-order valence-corrected chi connectivity index (χ2v) is 7.60. The fourth-order valence-corrected chi connectivity index (χ4v) is 4.38. The second-order valence-electron chi connectivity index (χ2n) is 6.62. The highest BCUT2D eigenvalue weighted by Crippen LogP contribution is 2.27. The van der Waals surface area contributed by atoms with Crippen LogP contribution in [0.25, 0.3) is 0 Å². The Balaban J connectivity index is 1.70. The molecule has 0 bridgehead atoms. The van der Waals surface area contributed by atoms with Gasteiger partial charge in [0.25, 0.3) is 5.91 Å². The number of hydrogen-bond acceptors (Lipinski definition) is 4. The molecule has 1 aliphatic rings. The Bertz CT molecular complexity index is 679. The Kier molecular flexibility index (Phi) is 7.09. The van der Waals surface area contributed by atoms with Gasteiger partial charge >= 0.3 is 0 Å². The van der Waals surface area contributed by atoms with Gasteiger partial charge in [-0.3, -0.25) is 9.69 Å².